The highest BCUT2D eigenvalue weighted by Gasteiger charge is 2.06. The summed E-state index contributed by atoms with van der Waals surface area (Å²) in [4.78, 5) is 0. The van der Waals surface area contributed by atoms with Gasteiger partial charge in [0.15, 0.2) is 0 Å². The van der Waals surface area contributed by atoms with E-state index in [1.54, 1.807) is 48.7 Å². The predicted molar refractivity (Wildman–Crippen MR) is 90.3 cm³/mol. The van der Waals surface area contributed by atoms with Gasteiger partial charge in [-0.2, -0.15) is 0 Å². The van der Waals surface area contributed by atoms with Crippen LogP contribution in [0.25, 0.3) is 12.2 Å². The number of hydrogen-bond donors (Lipinski definition) is 0. The second-order valence-corrected chi connectivity index (χ2v) is 5.13. The lowest BCUT2D eigenvalue weighted by atomic mass is 10.2. The lowest BCUT2D eigenvalue weighted by molar-refractivity contribution is -0.683. The Balaban J connectivity index is 1.89. The van der Waals surface area contributed by atoms with Gasteiger partial charge in [-0.3, -0.25) is 0 Å². The van der Waals surface area contributed by atoms with Gasteiger partial charge in [-0.25, -0.2) is 4.39 Å². The Labute approximate surface area is 139 Å². The number of aromatic nitrogens is 1. The third kappa shape index (κ3) is 3.93. The third-order valence-electron chi connectivity index (χ3n) is 3.41. The summed E-state index contributed by atoms with van der Waals surface area (Å²) in [5.74, 6) is -0.589. The van der Waals surface area contributed by atoms with Crippen molar-refractivity contribution in [1.82, 2.24) is 0 Å². The summed E-state index contributed by atoms with van der Waals surface area (Å²) in [5.41, 5.74) is 2.13. The zero-order valence-corrected chi connectivity index (χ0v) is 12.8. The summed E-state index contributed by atoms with van der Waals surface area (Å²) < 4.78 is 14.5. The van der Waals surface area contributed by atoms with Crippen LogP contribution in [-0.4, -0.2) is 5.90 Å². The SMILES string of the molecule is [O-]/C(=N\[n+]1ccccc1/C=C/c1ccc(F)cc1)c1ccccc1. The Morgan fingerprint density at radius 1 is 0.875 bits per heavy atom. The Hall–Kier alpha value is -3.27. The van der Waals surface area contributed by atoms with E-state index >= 15 is 0 Å². The van der Waals surface area contributed by atoms with E-state index < -0.39 is 0 Å². The summed E-state index contributed by atoms with van der Waals surface area (Å²) in [6.07, 6.45) is 5.38. The van der Waals surface area contributed by atoms with Crippen molar-refractivity contribution in [1.29, 1.82) is 0 Å². The van der Waals surface area contributed by atoms with Crippen LogP contribution in [0.3, 0.4) is 0 Å². The molecule has 0 atom stereocenters. The minimum atomic E-state index is -0.316. The first-order chi connectivity index (χ1) is 11.7. The number of benzene rings is 2. The fourth-order valence-corrected chi connectivity index (χ4v) is 2.16. The highest BCUT2D eigenvalue weighted by molar-refractivity contribution is 5.89. The number of halogens is 1. The van der Waals surface area contributed by atoms with Crippen molar-refractivity contribution in [3.05, 3.63) is 102 Å². The Bertz CT molecular complexity index is 872. The molecule has 0 amide bonds. The largest absolute Gasteiger partial charge is 0.854 e. The first-order valence-corrected chi connectivity index (χ1v) is 7.48. The molecule has 0 fully saturated rings. The van der Waals surface area contributed by atoms with E-state index in [9.17, 15) is 9.50 Å². The monoisotopic (exact) mass is 318 g/mol. The Morgan fingerprint density at radius 2 is 1.58 bits per heavy atom. The van der Waals surface area contributed by atoms with Gasteiger partial charge in [-0.15, -0.1) is 0 Å². The van der Waals surface area contributed by atoms with Crippen molar-refractivity contribution >= 4 is 18.0 Å². The lowest BCUT2D eigenvalue weighted by Crippen LogP contribution is -2.36. The van der Waals surface area contributed by atoms with Crippen LogP contribution >= 0.6 is 0 Å². The molecule has 0 saturated heterocycles. The van der Waals surface area contributed by atoms with Crippen LogP contribution in [0.1, 0.15) is 16.8 Å². The smallest absolute Gasteiger partial charge is 0.238 e. The van der Waals surface area contributed by atoms with Crippen LogP contribution in [-0.2, 0) is 0 Å². The second-order valence-electron chi connectivity index (χ2n) is 5.13. The number of rotatable bonds is 4. The van der Waals surface area contributed by atoms with E-state index in [-0.39, 0.29) is 11.7 Å². The van der Waals surface area contributed by atoms with Crippen LogP contribution < -0.4 is 9.78 Å². The van der Waals surface area contributed by atoms with Crippen LogP contribution in [0.15, 0.2) is 84.1 Å². The summed E-state index contributed by atoms with van der Waals surface area (Å²) >= 11 is 0. The molecule has 0 unspecified atom stereocenters. The van der Waals surface area contributed by atoms with Gasteiger partial charge in [0.25, 0.3) is 0 Å². The molecule has 0 aliphatic heterocycles. The summed E-state index contributed by atoms with van der Waals surface area (Å²) in [7, 11) is 0. The Morgan fingerprint density at radius 3 is 2.33 bits per heavy atom. The van der Waals surface area contributed by atoms with E-state index in [2.05, 4.69) is 5.10 Å². The van der Waals surface area contributed by atoms with Crippen molar-refractivity contribution in [3.63, 3.8) is 0 Å². The first-order valence-electron chi connectivity index (χ1n) is 7.48. The highest BCUT2D eigenvalue weighted by atomic mass is 19.1. The Kier molecular flexibility index (Phi) is 4.77. The average molecular weight is 318 g/mol. The van der Waals surface area contributed by atoms with Crippen LogP contribution in [0.4, 0.5) is 4.39 Å². The molecule has 0 N–H and O–H groups in total. The van der Waals surface area contributed by atoms with Crippen LogP contribution in [0, 0.1) is 5.82 Å². The molecule has 4 heteroatoms. The molecule has 118 valence electrons. The molecule has 0 spiro atoms. The first kappa shape index (κ1) is 15.6. The molecule has 0 aliphatic carbocycles. The lowest BCUT2D eigenvalue weighted by Gasteiger charge is -2.06. The third-order valence-corrected chi connectivity index (χ3v) is 3.41. The zero-order chi connectivity index (χ0) is 16.8. The molecule has 1 aromatic heterocycles. The fraction of sp³-hybridized carbons (Fsp3) is 0. The molecule has 0 aliphatic rings. The van der Waals surface area contributed by atoms with Crippen molar-refractivity contribution in [2.75, 3.05) is 0 Å². The molecule has 3 aromatic rings. The van der Waals surface area contributed by atoms with E-state index in [1.807, 2.05) is 30.4 Å². The molecule has 24 heavy (non-hydrogen) atoms. The topological polar surface area (TPSA) is 39.3 Å². The quantitative estimate of drug-likeness (QED) is 0.414. The van der Waals surface area contributed by atoms with Crippen molar-refractivity contribution < 1.29 is 14.2 Å². The van der Waals surface area contributed by atoms with Gasteiger partial charge in [0.1, 0.15) is 5.82 Å². The van der Waals surface area contributed by atoms with E-state index in [0.29, 0.717) is 5.56 Å². The van der Waals surface area contributed by atoms with E-state index in [1.165, 1.54) is 16.8 Å². The minimum Gasteiger partial charge on any atom is -0.854 e. The molecular formula is C20H15FN2O. The maximum atomic E-state index is 12.9. The normalized spacial score (nSPS) is 11.8. The molecule has 0 radical (unpaired) electrons. The number of pyridine rings is 1. The van der Waals surface area contributed by atoms with Gasteiger partial charge >= 0.3 is 0 Å². The highest BCUT2D eigenvalue weighted by Crippen LogP contribution is 2.07. The van der Waals surface area contributed by atoms with Gasteiger partial charge in [0, 0.05) is 18.2 Å². The van der Waals surface area contributed by atoms with E-state index in [4.69, 9.17) is 0 Å². The standard InChI is InChI=1S/C20H15FN2O/c21-18-12-9-16(10-13-18)11-14-19-8-4-5-15-23(19)22-20(24)17-6-2-1-3-7-17/h1-15H/b14-11+. The van der Waals surface area contributed by atoms with Gasteiger partial charge in [0.05, 0.1) is 5.90 Å². The average Bonchev–Trinajstić information content (AvgIpc) is 2.63. The predicted octanol–water partition coefficient (Wildman–Crippen LogP) is 2.85. The van der Waals surface area contributed by atoms with Gasteiger partial charge in [-0.05, 0) is 40.5 Å². The number of hydrogen-bond acceptors (Lipinski definition) is 2. The van der Waals surface area contributed by atoms with Crippen LogP contribution in [0.2, 0.25) is 0 Å². The van der Waals surface area contributed by atoms with Gasteiger partial charge in [0.2, 0.25) is 11.9 Å². The molecular weight excluding hydrogens is 303 g/mol. The molecule has 1 heterocycles. The molecule has 0 bridgehead atoms. The van der Waals surface area contributed by atoms with Gasteiger partial charge < -0.3 is 5.11 Å². The minimum absolute atomic E-state index is 0.273. The zero-order valence-electron chi connectivity index (χ0n) is 12.8. The molecule has 3 rings (SSSR count). The van der Waals surface area contributed by atoms with Gasteiger partial charge in [-0.1, -0.05) is 47.1 Å². The van der Waals surface area contributed by atoms with Crippen LogP contribution in [0.5, 0.6) is 0 Å². The molecule has 0 saturated carbocycles. The molecule has 3 nitrogen and oxygen atoms in total. The van der Waals surface area contributed by atoms with Crippen molar-refractivity contribution in [2.45, 2.75) is 0 Å². The summed E-state index contributed by atoms with van der Waals surface area (Å²) in [5, 5.41) is 16.3. The summed E-state index contributed by atoms with van der Waals surface area (Å²) in [6, 6.07) is 20.6. The van der Waals surface area contributed by atoms with Crippen molar-refractivity contribution in [2.24, 2.45) is 5.10 Å². The maximum Gasteiger partial charge on any atom is 0.238 e. The summed E-state index contributed by atoms with van der Waals surface area (Å²) in [6.45, 7) is 0. The van der Waals surface area contributed by atoms with E-state index in [0.717, 1.165) is 11.3 Å². The number of nitrogens with zero attached hydrogens (tertiary/aromatic N) is 2. The fourth-order valence-electron chi connectivity index (χ4n) is 2.16. The van der Waals surface area contributed by atoms with Crippen molar-refractivity contribution in [3.8, 4) is 0 Å². The molecule has 2 aromatic carbocycles. The second kappa shape index (κ2) is 7.33. The maximum absolute atomic E-state index is 12.9.